The zero-order chi connectivity index (χ0) is 17.2. The number of nitrogens with one attached hydrogen (secondary N) is 1. The summed E-state index contributed by atoms with van der Waals surface area (Å²) in [6.45, 7) is 5.26. The number of methoxy groups -OCH3 is 1. The highest BCUT2D eigenvalue weighted by Gasteiger charge is 2.33. The Morgan fingerprint density at radius 1 is 1.43 bits per heavy atom. The van der Waals surface area contributed by atoms with E-state index in [1.165, 1.54) is 7.11 Å². The summed E-state index contributed by atoms with van der Waals surface area (Å²) in [5.74, 6) is 0.747. The minimum absolute atomic E-state index is 0.0782. The molecular formula is C16H19N3O4. The van der Waals surface area contributed by atoms with E-state index in [9.17, 15) is 10.1 Å². The Hall–Kier alpha value is -2.88. The van der Waals surface area contributed by atoms with Crippen LogP contribution < -0.4 is 20.5 Å². The third-order valence-corrected chi connectivity index (χ3v) is 3.09. The third kappa shape index (κ3) is 3.48. The Bertz CT molecular complexity index is 698. The molecule has 1 aromatic carbocycles. The van der Waals surface area contributed by atoms with Gasteiger partial charge in [-0.15, -0.1) is 0 Å². The van der Waals surface area contributed by atoms with Gasteiger partial charge >= 0.3 is 6.09 Å². The fraction of sp³-hybridized carbons (Fsp3) is 0.375. The van der Waals surface area contributed by atoms with Gasteiger partial charge in [0.25, 0.3) is 0 Å². The van der Waals surface area contributed by atoms with Crippen LogP contribution in [0.4, 0.5) is 4.79 Å². The molecule has 1 aliphatic rings. The minimum Gasteiger partial charge on any atom is -0.493 e. The Balaban J connectivity index is 2.41. The van der Waals surface area contributed by atoms with E-state index >= 15 is 0 Å². The van der Waals surface area contributed by atoms with Crippen LogP contribution in [-0.4, -0.2) is 18.8 Å². The highest BCUT2D eigenvalue weighted by molar-refractivity contribution is 5.71. The van der Waals surface area contributed by atoms with Gasteiger partial charge in [0.2, 0.25) is 5.88 Å². The molecule has 1 aromatic rings. The number of benzene rings is 1. The summed E-state index contributed by atoms with van der Waals surface area (Å²) in [5.41, 5.74) is 5.83. The zero-order valence-corrected chi connectivity index (χ0v) is 13.5. The minimum atomic E-state index is -0.770. The van der Waals surface area contributed by atoms with Gasteiger partial charge in [-0.2, -0.15) is 5.26 Å². The molecule has 2 rings (SSSR count). The second-order valence-electron chi connectivity index (χ2n) is 5.95. The molecule has 23 heavy (non-hydrogen) atoms. The highest BCUT2D eigenvalue weighted by atomic mass is 16.6. The van der Waals surface area contributed by atoms with E-state index < -0.39 is 17.7 Å². The molecule has 0 saturated carbocycles. The van der Waals surface area contributed by atoms with Crippen molar-refractivity contribution in [3.63, 3.8) is 0 Å². The van der Waals surface area contributed by atoms with E-state index in [1.54, 1.807) is 39.0 Å². The molecule has 7 nitrogen and oxygen atoms in total. The predicted molar refractivity (Wildman–Crippen MR) is 82.6 cm³/mol. The molecule has 7 heteroatoms. The standard InChI is InChI=1S/C16H19N3O4/c1-16(2,3)23-15(20)19-12-9-6-5-7-11(21-4)13(9)22-14(18)10(12)8-17/h5-7,12H,18H2,1-4H3,(H,19,20)/t12-/m1/s1. The van der Waals surface area contributed by atoms with Crippen LogP contribution in [0.2, 0.25) is 0 Å². The topological polar surface area (TPSA) is 107 Å². The summed E-state index contributed by atoms with van der Waals surface area (Å²) in [6.07, 6.45) is -0.654. The number of para-hydroxylation sites is 1. The fourth-order valence-electron chi connectivity index (χ4n) is 2.19. The largest absolute Gasteiger partial charge is 0.493 e. The van der Waals surface area contributed by atoms with Gasteiger partial charge < -0.3 is 25.3 Å². The summed E-state index contributed by atoms with van der Waals surface area (Å²) in [5, 5.41) is 12.0. The first-order chi connectivity index (χ1) is 10.8. The van der Waals surface area contributed by atoms with Crippen LogP contribution in [0.5, 0.6) is 11.5 Å². The van der Waals surface area contributed by atoms with Crippen molar-refractivity contribution in [1.82, 2.24) is 5.32 Å². The SMILES string of the molecule is COc1cccc2c1OC(N)=C(C#N)[C@@H]2NC(=O)OC(C)(C)C. The number of rotatable bonds is 2. The number of hydrogen-bond acceptors (Lipinski definition) is 6. The smallest absolute Gasteiger partial charge is 0.408 e. The van der Waals surface area contributed by atoms with Crippen molar-refractivity contribution in [3.05, 3.63) is 35.2 Å². The van der Waals surface area contributed by atoms with E-state index in [1.807, 2.05) is 6.07 Å². The normalized spacial score (nSPS) is 16.7. The molecule has 1 heterocycles. The van der Waals surface area contributed by atoms with Crippen LogP contribution in [0.15, 0.2) is 29.7 Å². The quantitative estimate of drug-likeness (QED) is 0.867. The Kier molecular flexibility index (Phi) is 4.36. The van der Waals surface area contributed by atoms with Gasteiger partial charge in [0.1, 0.15) is 23.3 Å². The van der Waals surface area contributed by atoms with Crippen molar-refractivity contribution in [2.45, 2.75) is 32.4 Å². The zero-order valence-electron chi connectivity index (χ0n) is 13.5. The molecule has 0 radical (unpaired) electrons. The van der Waals surface area contributed by atoms with Crippen LogP contribution in [0, 0.1) is 11.3 Å². The van der Waals surface area contributed by atoms with Crippen molar-refractivity contribution in [2.24, 2.45) is 5.73 Å². The van der Waals surface area contributed by atoms with Crippen LogP contribution in [0.3, 0.4) is 0 Å². The second-order valence-corrected chi connectivity index (χ2v) is 5.95. The van der Waals surface area contributed by atoms with Crippen molar-refractivity contribution in [3.8, 4) is 17.6 Å². The Labute approximate surface area is 134 Å². The maximum atomic E-state index is 12.1. The molecule has 3 N–H and O–H groups in total. The van der Waals surface area contributed by atoms with Crippen LogP contribution in [-0.2, 0) is 4.74 Å². The summed E-state index contributed by atoms with van der Waals surface area (Å²) in [4.78, 5) is 12.1. The first-order valence-corrected chi connectivity index (χ1v) is 7.01. The number of carbonyl (C=O) groups excluding carboxylic acids is 1. The van der Waals surface area contributed by atoms with Crippen LogP contribution in [0.1, 0.15) is 32.4 Å². The fourth-order valence-corrected chi connectivity index (χ4v) is 2.19. The summed E-state index contributed by atoms with van der Waals surface area (Å²) in [6, 6.07) is 6.36. The molecule has 0 aliphatic carbocycles. The first-order valence-electron chi connectivity index (χ1n) is 7.01. The lowest BCUT2D eigenvalue weighted by Gasteiger charge is -2.28. The number of fused-ring (bicyclic) bond motifs is 1. The lowest BCUT2D eigenvalue weighted by molar-refractivity contribution is 0.0510. The number of nitrogens with zero attached hydrogens (tertiary/aromatic N) is 1. The first kappa shape index (κ1) is 16.5. The Morgan fingerprint density at radius 2 is 2.13 bits per heavy atom. The molecule has 1 amide bonds. The predicted octanol–water partition coefficient (Wildman–Crippen LogP) is 2.35. The molecule has 0 fully saturated rings. The van der Waals surface area contributed by atoms with E-state index in [4.69, 9.17) is 19.9 Å². The Morgan fingerprint density at radius 3 is 2.70 bits per heavy atom. The number of nitrogens with two attached hydrogens (primary N) is 1. The van der Waals surface area contributed by atoms with Crippen LogP contribution in [0.25, 0.3) is 0 Å². The van der Waals surface area contributed by atoms with E-state index in [2.05, 4.69) is 5.32 Å². The number of nitriles is 1. The van der Waals surface area contributed by atoms with Gasteiger partial charge in [-0.05, 0) is 26.8 Å². The molecular weight excluding hydrogens is 298 g/mol. The molecule has 1 aliphatic heterocycles. The van der Waals surface area contributed by atoms with Gasteiger partial charge in [-0.3, -0.25) is 0 Å². The number of amides is 1. The maximum Gasteiger partial charge on any atom is 0.408 e. The van der Waals surface area contributed by atoms with Gasteiger partial charge in [0.15, 0.2) is 11.5 Å². The molecule has 0 spiro atoms. The monoisotopic (exact) mass is 317 g/mol. The summed E-state index contributed by atoms with van der Waals surface area (Å²) >= 11 is 0. The number of ether oxygens (including phenoxy) is 3. The number of hydrogen-bond donors (Lipinski definition) is 2. The molecule has 122 valence electrons. The average Bonchev–Trinajstić information content (AvgIpc) is 2.44. The van der Waals surface area contributed by atoms with Crippen molar-refractivity contribution in [2.75, 3.05) is 7.11 Å². The van der Waals surface area contributed by atoms with E-state index in [0.717, 1.165) is 0 Å². The van der Waals surface area contributed by atoms with E-state index in [-0.39, 0.29) is 11.5 Å². The number of carbonyl (C=O) groups is 1. The highest BCUT2D eigenvalue weighted by Crippen LogP contribution is 2.42. The lowest BCUT2D eigenvalue weighted by atomic mass is 9.96. The summed E-state index contributed by atoms with van der Waals surface area (Å²) in [7, 11) is 1.50. The third-order valence-electron chi connectivity index (χ3n) is 3.09. The van der Waals surface area contributed by atoms with Crippen molar-refractivity contribution in [1.29, 1.82) is 5.26 Å². The summed E-state index contributed by atoms with van der Waals surface area (Å²) < 4.78 is 16.0. The van der Waals surface area contributed by atoms with Gasteiger partial charge in [0, 0.05) is 5.56 Å². The molecule has 0 bridgehead atoms. The second kappa shape index (κ2) is 6.08. The molecule has 0 unspecified atom stereocenters. The molecule has 0 aromatic heterocycles. The molecule has 0 saturated heterocycles. The number of alkyl carbamates (subject to hydrolysis) is 1. The average molecular weight is 317 g/mol. The van der Waals surface area contributed by atoms with E-state index in [0.29, 0.717) is 17.1 Å². The van der Waals surface area contributed by atoms with Crippen molar-refractivity contribution < 1.29 is 19.0 Å². The van der Waals surface area contributed by atoms with Gasteiger partial charge in [0.05, 0.1) is 7.11 Å². The van der Waals surface area contributed by atoms with Gasteiger partial charge in [-0.25, -0.2) is 4.79 Å². The van der Waals surface area contributed by atoms with Gasteiger partial charge in [-0.1, -0.05) is 12.1 Å². The maximum absolute atomic E-state index is 12.1. The van der Waals surface area contributed by atoms with Crippen LogP contribution >= 0.6 is 0 Å². The molecule has 1 atom stereocenters. The van der Waals surface area contributed by atoms with Crippen molar-refractivity contribution >= 4 is 6.09 Å². The lowest BCUT2D eigenvalue weighted by Crippen LogP contribution is -2.37.